The van der Waals surface area contributed by atoms with Crippen LogP contribution in [-0.2, 0) is 4.79 Å². The van der Waals surface area contributed by atoms with Gasteiger partial charge in [0.2, 0.25) is 0 Å². The molecule has 0 aliphatic rings. The van der Waals surface area contributed by atoms with E-state index in [9.17, 15) is 9.59 Å². The summed E-state index contributed by atoms with van der Waals surface area (Å²) in [7, 11) is 0. The van der Waals surface area contributed by atoms with Gasteiger partial charge >= 0.3 is 0 Å². The van der Waals surface area contributed by atoms with Crippen LogP contribution in [0.3, 0.4) is 0 Å². The molecule has 23 heavy (non-hydrogen) atoms. The largest absolute Gasteiger partial charge is 0.480 e. The number of hydrogen-bond acceptors (Lipinski definition) is 4. The maximum Gasteiger partial charge on any atom is 0.265 e. The lowest BCUT2D eigenvalue weighted by Crippen LogP contribution is -2.30. The molecule has 0 heterocycles. The predicted octanol–water partition coefficient (Wildman–Crippen LogP) is 3.17. The fourth-order valence-corrected chi connectivity index (χ4v) is 1.94. The summed E-state index contributed by atoms with van der Waals surface area (Å²) in [6.45, 7) is 3.09. The van der Waals surface area contributed by atoms with Gasteiger partial charge < -0.3 is 10.1 Å². The number of ketones is 1. The maximum atomic E-state index is 12.1. The normalized spacial score (nSPS) is 11.2. The SMILES string of the molecule is CC(=O)c1ccc(NC(=O)C(C)Oc2ccccc2C#N)cc1. The van der Waals surface area contributed by atoms with Gasteiger partial charge in [0.25, 0.3) is 5.91 Å². The summed E-state index contributed by atoms with van der Waals surface area (Å²) in [5.41, 5.74) is 1.53. The van der Waals surface area contributed by atoms with Crippen LogP contribution >= 0.6 is 0 Å². The van der Waals surface area contributed by atoms with Crippen LogP contribution < -0.4 is 10.1 Å². The van der Waals surface area contributed by atoms with Crippen molar-refractivity contribution in [1.82, 2.24) is 0 Å². The lowest BCUT2D eigenvalue weighted by molar-refractivity contribution is -0.122. The van der Waals surface area contributed by atoms with Crippen LogP contribution in [0, 0.1) is 11.3 Å². The Morgan fingerprint density at radius 1 is 1.13 bits per heavy atom. The Morgan fingerprint density at radius 2 is 1.78 bits per heavy atom. The van der Waals surface area contributed by atoms with Crippen LogP contribution in [0.4, 0.5) is 5.69 Å². The molecule has 5 nitrogen and oxygen atoms in total. The summed E-state index contributed by atoms with van der Waals surface area (Å²) >= 11 is 0. The molecular formula is C18H16N2O3. The first kappa shape index (κ1) is 16.2. The molecule has 0 fully saturated rings. The number of carbonyl (C=O) groups excluding carboxylic acids is 2. The molecule has 1 unspecified atom stereocenters. The van der Waals surface area contributed by atoms with E-state index in [0.717, 1.165) is 0 Å². The second-order valence-corrected chi connectivity index (χ2v) is 4.99. The molecule has 0 saturated heterocycles. The van der Waals surface area contributed by atoms with Gasteiger partial charge in [-0.1, -0.05) is 12.1 Å². The summed E-state index contributed by atoms with van der Waals surface area (Å²) in [4.78, 5) is 23.4. The number of anilines is 1. The topological polar surface area (TPSA) is 79.2 Å². The quantitative estimate of drug-likeness (QED) is 0.860. The van der Waals surface area contributed by atoms with E-state index in [1.807, 2.05) is 6.07 Å². The Hall–Kier alpha value is -3.13. The zero-order valence-corrected chi connectivity index (χ0v) is 12.9. The number of nitrogens with zero attached hydrogens (tertiary/aromatic N) is 1. The lowest BCUT2D eigenvalue weighted by atomic mass is 10.1. The molecule has 0 aliphatic heterocycles. The van der Waals surface area contributed by atoms with E-state index in [2.05, 4.69) is 5.32 Å². The Kier molecular flexibility index (Phi) is 5.11. The van der Waals surface area contributed by atoms with E-state index < -0.39 is 6.10 Å². The van der Waals surface area contributed by atoms with Crippen molar-refractivity contribution in [2.45, 2.75) is 20.0 Å². The first-order valence-electron chi connectivity index (χ1n) is 7.09. The molecule has 2 aromatic rings. The highest BCUT2D eigenvalue weighted by molar-refractivity contribution is 5.96. The van der Waals surface area contributed by atoms with Crippen LogP contribution in [0.1, 0.15) is 29.8 Å². The number of benzene rings is 2. The van der Waals surface area contributed by atoms with Gasteiger partial charge in [0.15, 0.2) is 11.9 Å². The number of hydrogen-bond donors (Lipinski definition) is 1. The molecule has 2 rings (SSSR count). The smallest absolute Gasteiger partial charge is 0.265 e. The summed E-state index contributed by atoms with van der Waals surface area (Å²) < 4.78 is 5.54. The minimum Gasteiger partial charge on any atom is -0.480 e. The number of Topliss-reactive ketones (excluding diaryl/α,β-unsaturated/α-hetero) is 1. The van der Waals surface area contributed by atoms with E-state index in [0.29, 0.717) is 22.6 Å². The van der Waals surface area contributed by atoms with Gasteiger partial charge in [-0.25, -0.2) is 0 Å². The highest BCUT2D eigenvalue weighted by Gasteiger charge is 2.16. The number of nitriles is 1. The zero-order chi connectivity index (χ0) is 16.8. The van der Waals surface area contributed by atoms with Crippen molar-refractivity contribution in [1.29, 1.82) is 5.26 Å². The highest BCUT2D eigenvalue weighted by Crippen LogP contribution is 2.19. The first-order valence-corrected chi connectivity index (χ1v) is 7.09. The molecule has 0 saturated carbocycles. The molecule has 116 valence electrons. The molecule has 0 radical (unpaired) electrons. The van der Waals surface area contributed by atoms with Crippen molar-refractivity contribution in [2.75, 3.05) is 5.32 Å². The standard InChI is InChI=1S/C18H16N2O3/c1-12(21)14-7-9-16(10-8-14)20-18(22)13(2)23-17-6-4-3-5-15(17)11-19/h3-10,13H,1-2H3,(H,20,22). The zero-order valence-electron chi connectivity index (χ0n) is 12.9. The number of amides is 1. The molecule has 5 heteroatoms. The third kappa shape index (κ3) is 4.17. The van der Waals surface area contributed by atoms with Crippen molar-refractivity contribution in [3.05, 3.63) is 59.7 Å². The average molecular weight is 308 g/mol. The molecule has 0 aromatic heterocycles. The minimum atomic E-state index is -0.767. The fraction of sp³-hybridized carbons (Fsp3) is 0.167. The summed E-state index contributed by atoms with van der Waals surface area (Å²) in [5, 5.41) is 11.7. The van der Waals surface area contributed by atoms with Crippen molar-refractivity contribution >= 4 is 17.4 Å². The number of para-hydroxylation sites is 1. The van der Waals surface area contributed by atoms with Gasteiger partial charge in [-0.15, -0.1) is 0 Å². The number of rotatable bonds is 5. The number of nitrogens with one attached hydrogen (secondary N) is 1. The van der Waals surface area contributed by atoms with E-state index in [4.69, 9.17) is 10.00 Å². The van der Waals surface area contributed by atoms with E-state index in [1.165, 1.54) is 6.92 Å². The summed E-state index contributed by atoms with van der Waals surface area (Å²) in [6.07, 6.45) is -0.767. The second kappa shape index (κ2) is 7.23. The van der Waals surface area contributed by atoms with Gasteiger partial charge in [-0.3, -0.25) is 9.59 Å². The highest BCUT2D eigenvalue weighted by atomic mass is 16.5. The Balaban J connectivity index is 2.02. The van der Waals surface area contributed by atoms with Crippen LogP contribution in [0.2, 0.25) is 0 Å². The monoisotopic (exact) mass is 308 g/mol. The van der Waals surface area contributed by atoms with Gasteiger partial charge in [-0.05, 0) is 50.2 Å². The summed E-state index contributed by atoms with van der Waals surface area (Å²) in [6, 6.07) is 15.4. The third-order valence-corrected chi connectivity index (χ3v) is 3.24. The van der Waals surface area contributed by atoms with Gasteiger partial charge in [0.05, 0.1) is 5.56 Å². The van der Waals surface area contributed by atoms with E-state index in [-0.39, 0.29) is 11.7 Å². The fourth-order valence-electron chi connectivity index (χ4n) is 1.94. The third-order valence-electron chi connectivity index (χ3n) is 3.24. The Labute approximate surface area is 134 Å². The second-order valence-electron chi connectivity index (χ2n) is 4.99. The molecule has 0 aliphatic carbocycles. The van der Waals surface area contributed by atoms with Crippen molar-refractivity contribution < 1.29 is 14.3 Å². The van der Waals surface area contributed by atoms with Gasteiger partial charge in [-0.2, -0.15) is 5.26 Å². The first-order chi connectivity index (χ1) is 11.0. The van der Waals surface area contributed by atoms with Crippen molar-refractivity contribution in [2.24, 2.45) is 0 Å². The lowest BCUT2D eigenvalue weighted by Gasteiger charge is -2.15. The molecule has 0 bridgehead atoms. The molecular weight excluding hydrogens is 292 g/mol. The minimum absolute atomic E-state index is 0.0345. The van der Waals surface area contributed by atoms with Gasteiger partial charge in [0, 0.05) is 11.3 Å². The molecule has 2 aromatic carbocycles. The predicted molar refractivity (Wildman–Crippen MR) is 86.3 cm³/mol. The Bertz CT molecular complexity index is 761. The average Bonchev–Trinajstić information content (AvgIpc) is 2.55. The molecule has 1 amide bonds. The molecule has 1 N–H and O–H groups in total. The van der Waals surface area contributed by atoms with Crippen LogP contribution in [0.5, 0.6) is 5.75 Å². The molecule has 0 spiro atoms. The van der Waals surface area contributed by atoms with Crippen molar-refractivity contribution in [3.8, 4) is 11.8 Å². The van der Waals surface area contributed by atoms with E-state index >= 15 is 0 Å². The van der Waals surface area contributed by atoms with Crippen molar-refractivity contribution in [3.63, 3.8) is 0 Å². The summed E-state index contributed by atoms with van der Waals surface area (Å²) in [5.74, 6) is -0.00872. The van der Waals surface area contributed by atoms with Crippen LogP contribution in [0.15, 0.2) is 48.5 Å². The number of carbonyl (C=O) groups is 2. The maximum absolute atomic E-state index is 12.1. The van der Waals surface area contributed by atoms with E-state index in [1.54, 1.807) is 55.5 Å². The number of ether oxygens (including phenoxy) is 1. The van der Waals surface area contributed by atoms with Gasteiger partial charge in [0.1, 0.15) is 11.8 Å². The van der Waals surface area contributed by atoms with Crippen LogP contribution in [-0.4, -0.2) is 17.8 Å². The molecule has 1 atom stereocenters. The van der Waals surface area contributed by atoms with Crippen LogP contribution in [0.25, 0.3) is 0 Å². The Morgan fingerprint density at radius 3 is 2.39 bits per heavy atom.